The van der Waals surface area contributed by atoms with Crippen LogP contribution >= 0.6 is 22.9 Å². The molecule has 14 heteroatoms. The molecule has 0 bridgehead atoms. The minimum atomic E-state index is -3.27. The van der Waals surface area contributed by atoms with Crippen molar-refractivity contribution >= 4 is 58.1 Å². The molecular formula is C24H25ClF2N4O6S. The van der Waals surface area contributed by atoms with Gasteiger partial charge in [-0.15, -0.1) is 11.3 Å². The van der Waals surface area contributed by atoms with E-state index in [1.807, 2.05) is 0 Å². The Morgan fingerprint density at radius 3 is 2.50 bits per heavy atom. The third kappa shape index (κ3) is 6.77. The smallest absolute Gasteiger partial charge is 0.408 e. The number of morpholine rings is 1. The van der Waals surface area contributed by atoms with Crippen LogP contribution in [0.2, 0.25) is 4.34 Å². The van der Waals surface area contributed by atoms with Gasteiger partial charge in [-0.25, -0.2) is 4.79 Å². The lowest BCUT2D eigenvalue weighted by Crippen LogP contribution is -2.55. The van der Waals surface area contributed by atoms with Gasteiger partial charge in [0, 0.05) is 24.5 Å². The Hall–Kier alpha value is -3.29. The van der Waals surface area contributed by atoms with Gasteiger partial charge in [-0.3, -0.25) is 19.3 Å². The number of carbonyl (C=O) groups excluding carboxylic acids is 4. The molecule has 204 valence electrons. The van der Waals surface area contributed by atoms with Gasteiger partial charge in [0.2, 0.25) is 0 Å². The van der Waals surface area contributed by atoms with Gasteiger partial charge in [-0.05, 0) is 55.7 Å². The summed E-state index contributed by atoms with van der Waals surface area (Å²) in [5, 5.41) is 4.79. The second kappa shape index (κ2) is 12.5. The zero-order valence-corrected chi connectivity index (χ0v) is 21.6. The molecule has 4 rings (SSSR count). The number of alkyl halides is 2. The topological polar surface area (TPSA) is 117 Å². The minimum absolute atomic E-state index is 0.0862. The van der Waals surface area contributed by atoms with Crippen molar-refractivity contribution in [2.45, 2.75) is 38.0 Å². The highest BCUT2D eigenvalue weighted by Crippen LogP contribution is 2.26. The van der Waals surface area contributed by atoms with Crippen LogP contribution in [0.4, 0.5) is 25.0 Å². The number of rotatable bonds is 9. The second-order valence-electron chi connectivity index (χ2n) is 8.57. The quantitative estimate of drug-likeness (QED) is 0.446. The Balaban J connectivity index is 1.51. The Morgan fingerprint density at radius 2 is 1.92 bits per heavy atom. The summed E-state index contributed by atoms with van der Waals surface area (Å²) in [6, 6.07) is 6.87. The molecule has 2 aliphatic rings. The second-order valence-corrected chi connectivity index (χ2v) is 10.3. The summed E-state index contributed by atoms with van der Waals surface area (Å²) < 4.78 is 39.0. The Labute approximate surface area is 225 Å². The Bertz CT molecular complexity index is 1180. The maximum atomic E-state index is 14.2. The SMILES string of the molecule is O=C(N[C@H](CNC(=O)c1ccc(Cl)s1)C(=O)N(c1ccc(N2CCOCC2=O)cc1)C(F)F)OC1CCC1. The molecule has 1 aromatic heterocycles. The summed E-state index contributed by atoms with van der Waals surface area (Å²) in [7, 11) is 0. The van der Waals surface area contributed by atoms with Crippen LogP contribution in [0.25, 0.3) is 0 Å². The van der Waals surface area contributed by atoms with E-state index in [1.165, 1.54) is 41.3 Å². The van der Waals surface area contributed by atoms with Gasteiger partial charge in [-0.2, -0.15) is 8.78 Å². The average molecular weight is 571 g/mol. The van der Waals surface area contributed by atoms with E-state index in [4.69, 9.17) is 21.1 Å². The van der Waals surface area contributed by atoms with Gasteiger partial charge in [0.1, 0.15) is 18.8 Å². The van der Waals surface area contributed by atoms with Crippen molar-refractivity contribution in [3.05, 3.63) is 45.6 Å². The summed E-state index contributed by atoms with van der Waals surface area (Å²) in [5.74, 6) is -2.02. The van der Waals surface area contributed by atoms with Crippen LogP contribution in [-0.4, -0.2) is 68.8 Å². The highest BCUT2D eigenvalue weighted by atomic mass is 35.5. The van der Waals surface area contributed by atoms with E-state index in [9.17, 15) is 28.0 Å². The highest BCUT2D eigenvalue weighted by molar-refractivity contribution is 7.18. The van der Waals surface area contributed by atoms with E-state index in [-0.39, 0.29) is 34.1 Å². The first-order chi connectivity index (χ1) is 18.2. The summed E-state index contributed by atoms with van der Waals surface area (Å²) in [6.07, 6.45) is 0.976. The van der Waals surface area contributed by atoms with Gasteiger partial charge in [0.05, 0.1) is 15.8 Å². The maximum absolute atomic E-state index is 14.2. The molecular weight excluding hydrogens is 546 g/mol. The van der Waals surface area contributed by atoms with Crippen LogP contribution in [0.1, 0.15) is 28.9 Å². The molecule has 1 saturated carbocycles. The van der Waals surface area contributed by atoms with Crippen LogP contribution in [-0.2, 0) is 19.1 Å². The third-order valence-corrected chi connectivity index (χ3v) is 7.27. The molecule has 0 unspecified atom stereocenters. The molecule has 38 heavy (non-hydrogen) atoms. The van der Waals surface area contributed by atoms with E-state index in [0.717, 1.165) is 17.8 Å². The predicted octanol–water partition coefficient (Wildman–Crippen LogP) is 3.40. The number of benzene rings is 1. The zero-order chi connectivity index (χ0) is 27.2. The number of thiophene rings is 1. The van der Waals surface area contributed by atoms with Gasteiger partial charge in [0.25, 0.3) is 17.7 Å². The Morgan fingerprint density at radius 1 is 1.18 bits per heavy atom. The van der Waals surface area contributed by atoms with Gasteiger partial charge >= 0.3 is 12.6 Å². The van der Waals surface area contributed by atoms with Gasteiger partial charge < -0.3 is 25.0 Å². The van der Waals surface area contributed by atoms with Crippen LogP contribution in [0, 0.1) is 0 Å². The zero-order valence-electron chi connectivity index (χ0n) is 20.0. The molecule has 1 aliphatic heterocycles. The number of nitrogens with one attached hydrogen (secondary N) is 2. The number of anilines is 2. The molecule has 1 aromatic carbocycles. The number of hydrogen-bond donors (Lipinski definition) is 2. The van der Waals surface area contributed by atoms with Crippen molar-refractivity contribution in [1.29, 1.82) is 0 Å². The molecule has 0 spiro atoms. The van der Waals surface area contributed by atoms with Crippen molar-refractivity contribution in [1.82, 2.24) is 10.6 Å². The molecule has 2 fully saturated rings. The molecule has 2 heterocycles. The number of ether oxygens (including phenoxy) is 2. The van der Waals surface area contributed by atoms with E-state index < -0.39 is 37.0 Å². The minimum Gasteiger partial charge on any atom is -0.446 e. The molecule has 1 saturated heterocycles. The predicted molar refractivity (Wildman–Crippen MR) is 136 cm³/mol. The van der Waals surface area contributed by atoms with Crippen LogP contribution in [0.5, 0.6) is 0 Å². The standard InChI is InChI=1S/C24H25ClF2N4O6S/c25-19-9-8-18(38-19)21(33)28-12-17(29-24(35)37-16-2-1-3-16)22(34)31(23(26)27)15-6-4-14(5-7-15)30-10-11-36-13-20(30)32/h4-9,16-17,23H,1-3,10-13H2,(H,28,33)(H,29,35)/t17-/m1/s1. The molecule has 1 aliphatic carbocycles. The number of amides is 4. The monoisotopic (exact) mass is 570 g/mol. The van der Waals surface area contributed by atoms with Crippen molar-refractivity contribution in [2.24, 2.45) is 0 Å². The first kappa shape index (κ1) is 27.7. The van der Waals surface area contributed by atoms with E-state index in [1.54, 1.807) is 0 Å². The number of hydrogen-bond acceptors (Lipinski definition) is 7. The number of alkyl carbamates (subject to hydrolysis) is 1. The fraction of sp³-hybridized carbons (Fsp3) is 0.417. The van der Waals surface area contributed by atoms with Crippen LogP contribution in [0.15, 0.2) is 36.4 Å². The number of nitrogens with zero attached hydrogens (tertiary/aromatic N) is 2. The maximum Gasteiger partial charge on any atom is 0.408 e. The average Bonchev–Trinajstić information content (AvgIpc) is 3.31. The summed E-state index contributed by atoms with van der Waals surface area (Å²) in [6.45, 7) is -3.19. The largest absolute Gasteiger partial charge is 0.446 e. The van der Waals surface area contributed by atoms with E-state index in [2.05, 4.69) is 10.6 Å². The summed E-state index contributed by atoms with van der Waals surface area (Å²) >= 11 is 6.86. The molecule has 4 amide bonds. The fourth-order valence-electron chi connectivity index (χ4n) is 3.82. The third-order valence-electron chi connectivity index (χ3n) is 6.04. The number of carbonyl (C=O) groups is 4. The summed E-state index contributed by atoms with van der Waals surface area (Å²) in [5.41, 5.74) is 0.300. The lowest BCUT2D eigenvalue weighted by molar-refractivity contribution is -0.125. The highest BCUT2D eigenvalue weighted by Gasteiger charge is 2.34. The molecule has 2 N–H and O–H groups in total. The lowest BCUT2D eigenvalue weighted by atomic mass is 9.96. The number of halogens is 3. The summed E-state index contributed by atoms with van der Waals surface area (Å²) in [4.78, 5) is 52.2. The van der Waals surface area contributed by atoms with E-state index in [0.29, 0.717) is 36.0 Å². The van der Waals surface area contributed by atoms with Crippen molar-refractivity contribution in [3.63, 3.8) is 0 Å². The van der Waals surface area contributed by atoms with Gasteiger partial charge in [0.15, 0.2) is 0 Å². The first-order valence-electron chi connectivity index (χ1n) is 11.8. The molecule has 0 radical (unpaired) electrons. The van der Waals surface area contributed by atoms with Crippen LogP contribution < -0.4 is 20.4 Å². The van der Waals surface area contributed by atoms with Gasteiger partial charge in [-0.1, -0.05) is 11.6 Å². The first-order valence-corrected chi connectivity index (χ1v) is 13.0. The lowest BCUT2D eigenvalue weighted by Gasteiger charge is -2.30. The molecule has 10 nitrogen and oxygen atoms in total. The normalized spacial score (nSPS) is 16.5. The Kier molecular flexibility index (Phi) is 9.13. The van der Waals surface area contributed by atoms with Crippen molar-refractivity contribution in [2.75, 3.05) is 36.1 Å². The van der Waals surface area contributed by atoms with E-state index >= 15 is 0 Å². The van der Waals surface area contributed by atoms with Crippen molar-refractivity contribution in [3.8, 4) is 0 Å². The van der Waals surface area contributed by atoms with Crippen LogP contribution in [0.3, 0.4) is 0 Å². The molecule has 1 atom stereocenters. The molecule has 2 aromatic rings. The van der Waals surface area contributed by atoms with Crippen molar-refractivity contribution < 1.29 is 37.4 Å². The fourth-order valence-corrected chi connectivity index (χ4v) is 4.78.